The Labute approximate surface area is 166 Å². The number of rotatable bonds is 5. The average molecular weight is 414 g/mol. The first-order valence-electron chi connectivity index (χ1n) is 9.19. The summed E-state index contributed by atoms with van der Waals surface area (Å²) in [6.07, 6.45) is 5.67. The summed E-state index contributed by atoms with van der Waals surface area (Å²) in [6.45, 7) is 3.95. The lowest BCUT2D eigenvalue weighted by Crippen LogP contribution is -2.45. The van der Waals surface area contributed by atoms with Crippen LogP contribution < -0.4 is 5.46 Å². The molecule has 1 spiro atoms. The third kappa shape index (κ3) is 3.76. The van der Waals surface area contributed by atoms with Gasteiger partial charge in [0.15, 0.2) is 9.84 Å². The van der Waals surface area contributed by atoms with Crippen molar-refractivity contribution >= 4 is 45.9 Å². The van der Waals surface area contributed by atoms with Gasteiger partial charge in [0.1, 0.15) is 5.65 Å². The lowest BCUT2D eigenvalue weighted by atomic mass is 9.76. The van der Waals surface area contributed by atoms with Crippen molar-refractivity contribution in [2.45, 2.75) is 31.8 Å². The fourth-order valence-corrected chi connectivity index (χ4v) is 5.60. The Morgan fingerprint density at radius 1 is 1.37 bits per heavy atom. The van der Waals surface area contributed by atoms with Gasteiger partial charge >= 0.3 is 7.12 Å². The molecular weight excluding hydrogens is 389 g/mol. The highest BCUT2D eigenvalue weighted by Gasteiger charge is 2.49. The molecule has 10 heteroatoms. The van der Waals surface area contributed by atoms with Gasteiger partial charge < -0.3 is 19.6 Å². The second-order valence-corrected chi connectivity index (χ2v) is 9.59. The summed E-state index contributed by atoms with van der Waals surface area (Å²) in [7, 11) is -3.91. The highest BCUT2D eigenvalue weighted by atomic mass is 35.5. The van der Waals surface area contributed by atoms with Crippen LogP contribution in [0.25, 0.3) is 11.0 Å². The number of hydrogen-bond donors (Lipinski definition) is 2. The molecule has 1 saturated heterocycles. The number of piperidine rings is 1. The van der Waals surface area contributed by atoms with Gasteiger partial charge in [-0.3, -0.25) is 0 Å². The molecule has 0 radical (unpaired) electrons. The number of sulfone groups is 1. The van der Waals surface area contributed by atoms with Crippen LogP contribution in [-0.4, -0.2) is 66.6 Å². The molecule has 2 N–H and O–H groups in total. The van der Waals surface area contributed by atoms with Crippen molar-refractivity contribution in [3.8, 4) is 0 Å². The number of likely N-dealkylation sites (tertiary alicyclic amines) is 1. The second kappa shape index (κ2) is 7.71. The summed E-state index contributed by atoms with van der Waals surface area (Å²) in [5.41, 5.74) is 2.07. The number of aromatic nitrogens is 2. The van der Waals surface area contributed by atoms with E-state index < -0.39 is 22.6 Å². The molecule has 148 valence electrons. The van der Waals surface area contributed by atoms with Crippen molar-refractivity contribution in [2.24, 2.45) is 0 Å². The number of nitrogens with one attached hydrogen (secondary N) is 1. The van der Waals surface area contributed by atoms with E-state index in [2.05, 4.69) is 14.9 Å². The molecule has 2 aliphatic rings. The van der Waals surface area contributed by atoms with E-state index >= 15 is 0 Å². The molecule has 27 heavy (non-hydrogen) atoms. The fraction of sp³-hybridized carbons (Fsp3) is 0.588. The molecule has 0 saturated carbocycles. The lowest BCUT2D eigenvalue weighted by molar-refractivity contribution is -0.00306. The minimum absolute atomic E-state index is 0. The van der Waals surface area contributed by atoms with Crippen molar-refractivity contribution in [3.05, 3.63) is 24.0 Å². The van der Waals surface area contributed by atoms with Crippen molar-refractivity contribution in [1.29, 1.82) is 0 Å². The van der Waals surface area contributed by atoms with E-state index in [9.17, 15) is 13.4 Å². The zero-order valence-electron chi connectivity index (χ0n) is 15.3. The summed E-state index contributed by atoms with van der Waals surface area (Å²) >= 11 is 0. The molecule has 0 aromatic carbocycles. The van der Waals surface area contributed by atoms with Crippen LogP contribution in [0.15, 0.2) is 18.5 Å². The molecule has 0 amide bonds. The third-order valence-electron chi connectivity index (χ3n) is 5.57. The Balaban J connectivity index is 0.00000210. The zero-order chi connectivity index (χ0) is 18.4. The molecule has 0 bridgehead atoms. The highest BCUT2D eigenvalue weighted by Crippen LogP contribution is 2.42. The maximum atomic E-state index is 12.0. The molecule has 0 atom stereocenters. The molecule has 2 aromatic heterocycles. The first-order valence-corrected chi connectivity index (χ1v) is 11.0. The number of nitrogens with zero attached hydrogens (tertiary/aromatic N) is 2. The Kier molecular flexibility index (Phi) is 5.89. The predicted octanol–water partition coefficient (Wildman–Crippen LogP) is 0.818. The minimum atomic E-state index is -2.96. The number of halogens is 1. The van der Waals surface area contributed by atoms with Crippen LogP contribution in [-0.2, 0) is 20.1 Å². The third-order valence-corrected chi connectivity index (χ3v) is 7.41. The van der Waals surface area contributed by atoms with Gasteiger partial charge in [0.05, 0.1) is 11.4 Å². The maximum absolute atomic E-state index is 12.0. The van der Waals surface area contributed by atoms with Crippen molar-refractivity contribution in [2.75, 3.05) is 31.1 Å². The largest absolute Gasteiger partial charge is 0.493 e. The number of aromatic amines is 1. The quantitative estimate of drug-likeness (QED) is 0.705. The molecule has 1 fully saturated rings. The van der Waals surface area contributed by atoms with Gasteiger partial charge in [0, 0.05) is 48.6 Å². The van der Waals surface area contributed by atoms with Crippen molar-refractivity contribution in [3.63, 3.8) is 0 Å². The summed E-state index contributed by atoms with van der Waals surface area (Å²) in [5, 5.41) is 11.4. The maximum Gasteiger partial charge on any atom is 0.493 e. The van der Waals surface area contributed by atoms with Crippen LogP contribution in [0.5, 0.6) is 0 Å². The first kappa shape index (κ1) is 20.6. The second-order valence-electron chi connectivity index (χ2n) is 7.29. The SMILES string of the molecule is CCCS(=O)(=O)CCN1CCC2(CC1)OB(O)c1cnc3[nH]ccc3c12.Cl. The fourth-order valence-electron chi connectivity index (χ4n) is 4.24. The van der Waals surface area contributed by atoms with Gasteiger partial charge in [-0.25, -0.2) is 13.4 Å². The van der Waals surface area contributed by atoms with Gasteiger partial charge in [0.25, 0.3) is 0 Å². The van der Waals surface area contributed by atoms with Gasteiger partial charge in [0.2, 0.25) is 0 Å². The first-order chi connectivity index (χ1) is 12.4. The number of hydrogen-bond acceptors (Lipinski definition) is 6. The van der Waals surface area contributed by atoms with E-state index in [1.54, 1.807) is 6.20 Å². The Morgan fingerprint density at radius 3 is 2.81 bits per heavy atom. The summed E-state index contributed by atoms with van der Waals surface area (Å²) in [6, 6.07) is 1.98. The van der Waals surface area contributed by atoms with Crippen LogP contribution in [0, 0.1) is 0 Å². The van der Waals surface area contributed by atoms with Crippen LogP contribution in [0.1, 0.15) is 31.7 Å². The van der Waals surface area contributed by atoms with E-state index in [0.29, 0.717) is 13.0 Å². The van der Waals surface area contributed by atoms with Crippen LogP contribution in [0.2, 0.25) is 0 Å². The Bertz CT molecular complexity index is 912. The van der Waals surface area contributed by atoms with E-state index in [1.165, 1.54) is 0 Å². The highest BCUT2D eigenvalue weighted by molar-refractivity contribution is 7.91. The van der Waals surface area contributed by atoms with Crippen molar-refractivity contribution in [1.82, 2.24) is 14.9 Å². The van der Waals surface area contributed by atoms with E-state index in [-0.39, 0.29) is 23.9 Å². The number of fused-ring (bicyclic) bond motifs is 4. The van der Waals surface area contributed by atoms with Gasteiger partial charge in [-0.15, -0.1) is 12.4 Å². The van der Waals surface area contributed by atoms with E-state index in [1.807, 2.05) is 19.2 Å². The molecule has 2 aromatic rings. The van der Waals surface area contributed by atoms with Gasteiger partial charge in [-0.05, 0) is 30.9 Å². The van der Waals surface area contributed by atoms with Crippen LogP contribution >= 0.6 is 12.4 Å². The molecular formula is C17H25BClN3O4S. The molecule has 2 aliphatic heterocycles. The van der Waals surface area contributed by atoms with Crippen LogP contribution in [0.4, 0.5) is 0 Å². The minimum Gasteiger partial charge on any atom is -0.423 e. The summed E-state index contributed by atoms with van der Waals surface area (Å²) in [4.78, 5) is 9.66. The van der Waals surface area contributed by atoms with Gasteiger partial charge in [-0.1, -0.05) is 6.92 Å². The lowest BCUT2D eigenvalue weighted by Gasteiger charge is -2.40. The van der Waals surface area contributed by atoms with E-state index in [0.717, 1.165) is 48.0 Å². The number of pyridine rings is 1. The number of H-pyrrole nitrogens is 1. The molecule has 4 rings (SSSR count). The van der Waals surface area contributed by atoms with Gasteiger partial charge in [-0.2, -0.15) is 0 Å². The van der Waals surface area contributed by atoms with Crippen molar-refractivity contribution < 1.29 is 18.1 Å². The monoisotopic (exact) mass is 413 g/mol. The molecule has 0 unspecified atom stereocenters. The summed E-state index contributed by atoms with van der Waals surface area (Å²) < 4.78 is 29.9. The standard InChI is InChI=1S/C17H24BN3O4S.ClH/c1-2-10-26(23,24)11-9-21-7-4-17(5-8-21)15-13-3-6-19-16(13)20-12-14(15)18(22)25-17;/h3,6,12,22H,2,4-5,7-11H2,1H3,(H,19,20);1H. The predicted molar refractivity (Wildman–Crippen MR) is 108 cm³/mol. The summed E-state index contributed by atoms with van der Waals surface area (Å²) in [5.74, 6) is 0.464. The normalized spacial score (nSPS) is 19.4. The smallest absolute Gasteiger partial charge is 0.423 e. The Hall–Kier alpha value is -1.13. The Morgan fingerprint density at radius 2 is 2.11 bits per heavy atom. The molecule has 0 aliphatic carbocycles. The topological polar surface area (TPSA) is 95.5 Å². The average Bonchev–Trinajstić information content (AvgIpc) is 3.18. The molecule has 4 heterocycles. The molecule has 7 nitrogen and oxygen atoms in total. The van der Waals surface area contributed by atoms with Crippen LogP contribution in [0.3, 0.4) is 0 Å². The van der Waals surface area contributed by atoms with E-state index in [4.69, 9.17) is 4.65 Å². The zero-order valence-corrected chi connectivity index (χ0v) is 17.0.